The van der Waals surface area contributed by atoms with Gasteiger partial charge in [0, 0.05) is 12.1 Å². The number of rotatable bonds is 8. The molecule has 0 saturated carbocycles. The Hall–Kier alpha value is -3.15. The van der Waals surface area contributed by atoms with Crippen molar-refractivity contribution in [3.63, 3.8) is 0 Å². The Kier molecular flexibility index (Phi) is 5.86. The van der Waals surface area contributed by atoms with E-state index in [1.54, 1.807) is 42.3 Å². The van der Waals surface area contributed by atoms with Crippen LogP contribution in [0.25, 0.3) is 10.9 Å². The SMILES string of the molecule is COc1cc(C(C)=O)ccc1OCCCCn1cnc2ccccc2c1=O. The first-order chi connectivity index (χ1) is 13.1. The van der Waals surface area contributed by atoms with Gasteiger partial charge in [0.15, 0.2) is 17.3 Å². The minimum atomic E-state index is -0.0250. The molecule has 6 nitrogen and oxygen atoms in total. The fourth-order valence-electron chi connectivity index (χ4n) is 2.84. The van der Waals surface area contributed by atoms with Crippen LogP contribution in [-0.4, -0.2) is 29.1 Å². The number of aromatic nitrogens is 2. The van der Waals surface area contributed by atoms with Crippen LogP contribution >= 0.6 is 0 Å². The Morgan fingerprint density at radius 2 is 1.93 bits per heavy atom. The molecule has 0 aliphatic carbocycles. The summed E-state index contributed by atoms with van der Waals surface area (Å²) in [6, 6.07) is 12.5. The molecule has 27 heavy (non-hydrogen) atoms. The third kappa shape index (κ3) is 4.34. The van der Waals surface area contributed by atoms with Gasteiger partial charge in [-0.05, 0) is 50.1 Å². The quantitative estimate of drug-likeness (QED) is 0.451. The molecule has 3 rings (SSSR count). The number of methoxy groups -OCH3 is 1. The lowest BCUT2D eigenvalue weighted by atomic mass is 10.1. The van der Waals surface area contributed by atoms with Gasteiger partial charge >= 0.3 is 0 Å². The first-order valence-corrected chi connectivity index (χ1v) is 8.86. The van der Waals surface area contributed by atoms with Gasteiger partial charge in [-0.2, -0.15) is 0 Å². The molecule has 0 aliphatic rings. The van der Waals surface area contributed by atoms with Crippen LogP contribution < -0.4 is 15.0 Å². The van der Waals surface area contributed by atoms with E-state index in [2.05, 4.69) is 4.98 Å². The highest BCUT2D eigenvalue weighted by atomic mass is 16.5. The van der Waals surface area contributed by atoms with Crippen molar-refractivity contribution in [1.29, 1.82) is 0 Å². The summed E-state index contributed by atoms with van der Waals surface area (Å²) in [7, 11) is 1.55. The topological polar surface area (TPSA) is 70.4 Å². The molecule has 1 heterocycles. The first-order valence-electron chi connectivity index (χ1n) is 8.86. The maximum absolute atomic E-state index is 12.4. The Bertz CT molecular complexity index is 1010. The Labute approximate surface area is 157 Å². The molecule has 2 aromatic carbocycles. The minimum Gasteiger partial charge on any atom is -0.493 e. The number of hydrogen-bond donors (Lipinski definition) is 0. The molecule has 6 heteroatoms. The van der Waals surface area contributed by atoms with Crippen molar-refractivity contribution in [3.8, 4) is 11.5 Å². The van der Waals surface area contributed by atoms with Gasteiger partial charge in [0.1, 0.15) is 0 Å². The predicted molar refractivity (Wildman–Crippen MR) is 104 cm³/mol. The molecule has 1 aromatic heterocycles. The Balaban J connectivity index is 1.55. The molecule has 0 spiro atoms. The van der Waals surface area contributed by atoms with Crippen molar-refractivity contribution in [2.45, 2.75) is 26.3 Å². The van der Waals surface area contributed by atoms with Gasteiger partial charge in [0.2, 0.25) is 0 Å². The van der Waals surface area contributed by atoms with Gasteiger partial charge < -0.3 is 9.47 Å². The number of fused-ring (bicyclic) bond motifs is 1. The van der Waals surface area contributed by atoms with Crippen LogP contribution in [0, 0.1) is 0 Å². The largest absolute Gasteiger partial charge is 0.493 e. The summed E-state index contributed by atoms with van der Waals surface area (Å²) in [5, 5.41) is 0.631. The Morgan fingerprint density at radius 3 is 2.70 bits per heavy atom. The van der Waals surface area contributed by atoms with Crippen molar-refractivity contribution in [2.75, 3.05) is 13.7 Å². The summed E-state index contributed by atoms with van der Waals surface area (Å²) in [4.78, 5) is 28.2. The van der Waals surface area contributed by atoms with Crippen LogP contribution in [0.1, 0.15) is 30.1 Å². The van der Waals surface area contributed by atoms with Crippen molar-refractivity contribution in [1.82, 2.24) is 9.55 Å². The smallest absolute Gasteiger partial charge is 0.261 e. The lowest BCUT2D eigenvalue weighted by Gasteiger charge is -2.12. The van der Waals surface area contributed by atoms with Crippen molar-refractivity contribution in [2.24, 2.45) is 0 Å². The standard InChI is InChI=1S/C21H22N2O4/c1-15(24)16-9-10-19(20(13-16)26-2)27-12-6-5-11-23-14-22-18-8-4-3-7-17(18)21(23)25/h3-4,7-10,13-14H,5-6,11-12H2,1-2H3. The molecular formula is C21H22N2O4. The maximum atomic E-state index is 12.4. The van der Waals surface area contributed by atoms with E-state index in [0.717, 1.165) is 12.8 Å². The number of carbonyl (C=O) groups excluding carboxylic acids is 1. The van der Waals surface area contributed by atoms with Gasteiger partial charge in [-0.25, -0.2) is 4.98 Å². The van der Waals surface area contributed by atoms with E-state index in [1.165, 1.54) is 6.92 Å². The lowest BCUT2D eigenvalue weighted by Crippen LogP contribution is -2.20. The zero-order chi connectivity index (χ0) is 19.2. The summed E-state index contributed by atoms with van der Waals surface area (Å²) in [6.45, 7) is 2.59. The number of ether oxygens (including phenoxy) is 2. The normalized spacial score (nSPS) is 10.7. The fourth-order valence-corrected chi connectivity index (χ4v) is 2.84. The van der Waals surface area contributed by atoms with Gasteiger partial charge in [-0.1, -0.05) is 12.1 Å². The molecule has 0 bridgehead atoms. The number of carbonyl (C=O) groups is 1. The number of benzene rings is 2. The fraction of sp³-hybridized carbons (Fsp3) is 0.286. The average Bonchev–Trinajstić information content (AvgIpc) is 2.69. The highest BCUT2D eigenvalue weighted by Gasteiger charge is 2.08. The highest BCUT2D eigenvalue weighted by Crippen LogP contribution is 2.28. The van der Waals surface area contributed by atoms with Crippen LogP contribution in [-0.2, 0) is 6.54 Å². The van der Waals surface area contributed by atoms with Crippen LogP contribution in [0.15, 0.2) is 53.6 Å². The second-order valence-electron chi connectivity index (χ2n) is 6.24. The predicted octanol–water partition coefficient (Wildman–Crippen LogP) is 3.47. The monoisotopic (exact) mass is 366 g/mol. The van der Waals surface area contributed by atoms with Gasteiger partial charge in [-0.3, -0.25) is 14.2 Å². The molecule has 0 amide bonds. The van der Waals surface area contributed by atoms with E-state index in [9.17, 15) is 9.59 Å². The van der Waals surface area contributed by atoms with Gasteiger partial charge in [-0.15, -0.1) is 0 Å². The van der Waals surface area contributed by atoms with Crippen molar-refractivity contribution < 1.29 is 14.3 Å². The van der Waals surface area contributed by atoms with E-state index < -0.39 is 0 Å². The summed E-state index contributed by atoms with van der Waals surface area (Å²) >= 11 is 0. The van der Waals surface area contributed by atoms with E-state index >= 15 is 0 Å². The molecule has 0 atom stereocenters. The lowest BCUT2D eigenvalue weighted by molar-refractivity contribution is 0.101. The Morgan fingerprint density at radius 1 is 1.11 bits per heavy atom. The van der Waals surface area contributed by atoms with Gasteiger partial charge in [0.25, 0.3) is 5.56 Å². The number of Topliss-reactive ketones (excluding diaryl/α,β-unsaturated/α-hetero) is 1. The van der Waals surface area contributed by atoms with Crippen LogP contribution in [0.5, 0.6) is 11.5 Å². The molecular weight excluding hydrogens is 344 g/mol. The molecule has 0 fully saturated rings. The maximum Gasteiger partial charge on any atom is 0.261 e. The van der Waals surface area contributed by atoms with Gasteiger partial charge in [0.05, 0.1) is 30.9 Å². The molecule has 0 unspecified atom stereocenters. The molecule has 0 aliphatic heterocycles. The third-order valence-electron chi connectivity index (χ3n) is 4.35. The van der Waals surface area contributed by atoms with Crippen molar-refractivity contribution in [3.05, 3.63) is 64.7 Å². The summed E-state index contributed by atoms with van der Waals surface area (Å²) in [6.07, 6.45) is 3.15. The summed E-state index contributed by atoms with van der Waals surface area (Å²) in [5.74, 6) is 1.12. The highest BCUT2D eigenvalue weighted by molar-refractivity contribution is 5.94. The third-order valence-corrected chi connectivity index (χ3v) is 4.35. The van der Waals surface area contributed by atoms with Crippen molar-refractivity contribution >= 4 is 16.7 Å². The molecule has 3 aromatic rings. The summed E-state index contributed by atoms with van der Waals surface area (Å²) < 4.78 is 12.7. The summed E-state index contributed by atoms with van der Waals surface area (Å²) in [5.41, 5.74) is 1.27. The second-order valence-corrected chi connectivity index (χ2v) is 6.24. The zero-order valence-electron chi connectivity index (χ0n) is 15.5. The number of para-hydroxylation sites is 1. The van der Waals surface area contributed by atoms with E-state index in [1.807, 2.05) is 18.2 Å². The van der Waals surface area contributed by atoms with E-state index in [0.29, 0.717) is 41.1 Å². The van der Waals surface area contributed by atoms with E-state index in [4.69, 9.17) is 9.47 Å². The first kappa shape index (κ1) is 18.6. The average molecular weight is 366 g/mol. The zero-order valence-corrected chi connectivity index (χ0v) is 15.5. The number of nitrogens with zero attached hydrogens (tertiary/aromatic N) is 2. The van der Waals surface area contributed by atoms with Crippen LogP contribution in [0.4, 0.5) is 0 Å². The van der Waals surface area contributed by atoms with Crippen LogP contribution in [0.3, 0.4) is 0 Å². The van der Waals surface area contributed by atoms with E-state index in [-0.39, 0.29) is 11.3 Å². The number of hydrogen-bond acceptors (Lipinski definition) is 5. The molecule has 0 saturated heterocycles. The molecule has 140 valence electrons. The molecule has 0 radical (unpaired) electrons. The number of aryl methyl sites for hydroxylation is 1. The molecule has 0 N–H and O–H groups in total. The number of ketones is 1. The number of unbranched alkanes of at least 4 members (excludes halogenated alkanes) is 1. The van der Waals surface area contributed by atoms with Crippen LogP contribution in [0.2, 0.25) is 0 Å². The second kappa shape index (κ2) is 8.49. The minimum absolute atomic E-state index is 0.0192.